The molecule has 2 heterocycles. The summed E-state index contributed by atoms with van der Waals surface area (Å²) in [5.41, 5.74) is -0.220. The molecule has 0 amide bonds. The molecule has 124 valence electrons. The van der Waals surface area contributed by atoms with Crippen LogP contribution in [0.5, 0.6) is 5.75 Å². The highest BCUT2D eigenvalue weighted by Crippen LogP contribution is 2.18. The van der Waals surface area contributed by atoms with Gasteiger partial charge in [-0.2, -0.15) is 0 Å². The zero-order chi connectivity index (χ0) is 16.1. The van der Waals surface area contributed by atoms with E-state index in [1.54, 1.807) is 16.7 Å². The van der Waals surface area contributed by atoms with Gasteiger partial charge in [-0.05, 0) is 37.1 Å². The molecule has 0 radical (unpaired) electrons. The topological polar surface area (TPSA) is 69.1 Å². The lowest BCUT2D eigenvalue weighted by Gasteiger charge is -2.11. The SMILES string of the molecule is O=c1[nH]nc(SCCOc2ccc(F)cc2)n1CC1CCCO1. The second kappa shape index (κ2) is 7.65. The predicted molar refractivity (Wildman–Crippen MR) is 84.4 cm³/mol. The number of thioether (sulfide) groups is 1. The van der Waals surface area contributed by atoms with Gasteiger partial charge in [-0.15, -0.1) is 5.10 Å². The first-order chi connectivity index (χ1) is 11.2. The average molecular weight is 339 g/mol. The van der Waals surface area contributed by atoms with Crippen LogP contribution in [0.3, 0.4) is 0 Å². The first kappa shape index (κ1) is 16.1. The van der Waals surface area contributed by atoms with Crippen molar-refractivity contribution in [3.8, 4) is 5.75 Å². The van der Waals surface area contributed by atoms with Crippen molar-refractivity contribution in [3.05, 3.63) is 40.6 Å². The first-order valence-corrected chi connectivity index (χ1v) is 8.49. The van der Waals surface area contributed by atoms with E-state index in [0.29, 0.717) is 29.8 Å². The van der Waals surface area contributed by atoms with Crippen LogP contribution in [0.2, 0.25) is 0 Å². The predicted octanol–water partition coefficient (Wildman–Crippen LogP) is 2.06. The van der Waals surface area contributed by atoms with E-state index in [9.17, 15) is 9.18 Å². The number of rotatable bonds is 7. The molecule has 6 nitrogen and oxygen atoms in total. The van der Waals surface area contributed by atoms with Crippen molar-refractivity contribution < 1.29 is 13.9 Å². The van der Waals surface area contributed by atoms with Crippen LogP contribution in [-0.2, 0) is 11.3 Å². The summed E-state index contributed by atoms with van der Waals surface area (Å²) in [7, 11) is 0. The molecule has 1 aromatic carbocycles. The Morgan fingerprint density at radius 2 is 2.26 bits per heavy atom. The van der Waals surface area contributed by atoms with Gasteiger partial charge in [-0.25, -0.2) is 14.3 Å². The summed E-state index contributed by atoms with van der Waals surface area (Å²) in [5, 5.41) is 7.15. The molecular formula is C15H18FN3O3S. The number of halogens is 1. The van der Waals surface area contributed by atoms with E-state index in [2.05, 4.69) is 10.2 Å². The Balaban J connectivity index is 1.50. The molecule has 1 aromatic heterocycles. The molecule has 1 fully saturated rings. The molecule has 23 heavy (non-hydrogen) atoms. The summed E-state index contributed by atoms with van der Waals surface area (Å²) < 4.78 is 25.5. The van der Waals surface area contributed by atoms with Gasteiger partial charge >= 0.3 is 5.69 Å². The maximum Gasteiger partial charge on any atom is 0.344 e. The molecule has 8 heteroatoms. The summed E-state index contributed by atoms with van der Waals surface area (Å²) in [4.78, 5) is 11.8. The van der Waals surface area contributed by atoms with Crippen LogP contribution < -0.4 is 10.4 Å². The van der Waals surface area contributed by atoms with Gasteiger partial charge in [0.25, 0.3) is 0 Å². The van der Waals surface area contributed by atoms with Crippen LogP contribution in [0.15, 0.2) is 34.2 Å². The zero-order valence-electron chi connectivity index (χ0n) is 12.5. The molecule has 1 atom stereocenters. The lowest BCUT2D eigenvalue weighted by Crippen LogP contribution is -2.25. The molecule has 3 rings (SSSR count). The number of benzene rings is 1. The number of hydrogen-bond acceptors (Lipinski definition) is 5. The van der Waals surface area contributed by atoms with Gasteiger partial charge in [-0.3, -0.25) is 4.57 Å². The minimum absolute atomic E-state index is 0.0834. The number of nitrogens with one attached hydrogen (secondary N) is 1. The van der Waals surface area contributed by atoms with Crippen molar-refractivity contribution in [1.29, 1.82) is 0 Å². The van der Waals surface area contributed by atoms with Gasteiger partial charge in [0.05, 0.1) is 19.3 Å². The lowest BCUT2D eigenvalue weighted by molar-refractivity contribution is 0.0941. The summed E-state index contributed by atoms with van der Waals surface area (Å²) in [6.45, 7) is 1.72. The number of hydrogen-bond donors (Lipinski definition) is 1. The third kappa shape index (κ3) is 4.35. The molecule has 0 bridgehead atoms. The maximum absolute atomic E-state index is 12.8. The number of nitrogens with zero attached hydrogens (tertiary/aromatic N) is 2. The molecule has 1 aliphatic rings. The van der Waals surface area contributed by atoms with Crippen molar-refractivity contribution >= 4 is 11.8 Å². The van der Waals surface area contributed by atoms with E-state index in [1.165, 1.54) is 23.9 Å². The van der Waals surface area contributed by atoms with Crippen LogP contribution in [0.4, 0.5) is 4.39 Å². The summed E-state index contributed by atoms with van der Waals surface area (Å²) in [6.07, 6.45) is 2.08. The van der Waals surface area contributed by atoms with Crippen molar-refractivity contribution in [2.24, 2.45) is 0 Å². The van der Waals surface area contributed by atoms with Gasteiger partial charge in [0.1, 0.15) is 11.6 Å². The van der Waals surface area contributed by atoms with Gasteiger partial charge in [0.2, 0.25) is 0 Å². The van der Waals surface area contributed by atoms with E-state index in [-0.39, 0.29) is 17.6 Å². The molecule has 0 spiro atoms. The van der Waals surface area contributed by atoms with E-state index in [4.69, 9.17) is 9.47 Å². The smallest absolute Gasteiger partial charge is 0.344 e. The Labute approximate surface area is 137 Å². The van der Waals surface area contributed by atoms with Crippen molar-refractivity contribution in [3.63, 3.8) is 0 Å². The quantitative estimate of drug-likeness (QED) is 0.618. The standard InChI is InChI=1S/C15H18FN3O3S/c16-11-3-5-12(6-4-11)22-8-9-23-15-18-17-14(20)19(15)10-13-2-1-7-21-13/h3-6,13H,1-2,7-10H2,(H,17,20). The maximum atomic E-state index is 12.8. The van der Waals surface area contributed by atoms with Crippen LogP contribution in [-0.4, -0.2) is 39.8 Å². The average Bonchev–Trinajstić information content (AvgIpc) is 3.18. The Bertz CT molecular complexity index is 680. The Hall–Kier alpha value is -1.80. The second-order valence-corrected chi connectivity index (χ2v) is 6.27. The van der Waals surface area contributed by atoms with Gasteiger partial charge in [-0.1, -0.05) is 11.8 Å². The molecular weight excluding hydrogens is 321 g/mol. The highest BCUT2D eigenvalue weighted by molar-refractivity contribution is 7.99. The largest absolute Gasteiger partial charge is 0.493 e. The molecule has 1 unspecified atom stereocenters. The van der Waals surface area contributed by atoms with Crippen molar-refractivity contribution in [2.75, 3.05) is 19.0 Å². The fourth-order valence-corrected chi connectivity index (χ4v) is 3.16. The fraction of sp³-hybridized carbons (Fsp3) is 0.467. The van der Waals surface area contributed by atoms with Gasteiger partial charge in [0.15, 0.2) is 5.16 Å². The van der Waals surface area contributed by atoms with E-state index >= 15 is 0 Å². The molecule has 0 saturated carbocycles. The lowest BCUT2D eigenvalue weighted by atomic mass is 10.2. The number of H-pyrrole nitrogens is 1. The number of aromatic nitrogens is 3. The van der Waals surface area contributed by atoms with Crippen LogP contribution >= 0.6 is 11.8 Å². The van der Waals surface area contributed by atoms with Crippen LogP contribution in [0.1, 0.15) is 12.8 Å². The van der Waals surface area contributed by atoms with Crippen molar-refractivity contribution in [1.82, 2.24) is 14.8 Å². The van der Waals surface area contributed by atoms with Gasteiger partial charge < -0.3 is 9.47 Å². The fourth-order valence-electron chi connectivity index (χ4n) is 2.39. The van der Waals surface area contributed by atoms with E-state index in [1.807, 2.05) is 0 Å². The highest BCUT2D eigenvalue weighted by Gasteiger charge is 2.19. The second-order valence-electron chi connectivity index (χ2n) is 5.21. The van der Waals surface area contributed by atoms with E-state index in [0.717, 1.165) is 19.4 Å². The number of ether oxygens (including phenoxy) is 2. The Kier molecular flexibility index (Phi) is 5.35. The van der Waals surface area contributed by atoms with Crippen molar-refractivity contribution in [2.45, 2.75) is 30.6 Å². The van der Waals surface area contributed by atoms with Crippen LogP contribution in [0, 0.1) is 5.82 Å². The van der Waals surface area contributed by atoms with Gasteiger partial charge in [0, 0.05) is 12.4 Å². The molecule has 1 aliphatic heterocycles. The monoisotopic (exact) mass is 339 g/mol. The first-order valence-electron chi connectivity index (χ1n) is 7.50. The zero-order valence-corrected chi connectivity index (χ0v) is 13.4. The Morgan fingerprint density at radius 3 is 3.00 bits per heavy atom. The summed E-state index contributed by atoms with van der Waals surface area (Å²) in [6, 6.07) is 5.88. The minimum Gasteiger partial charge on any atom is -0.493 e. The summed E-state index contributed by atoms with van der Waals surface area (Å²) >= 11 is 1.44. The third-order valence-electron chi connectivity index (χ3n) is 3.53. The normalized spacial score (nSPS) is 17.5. The minimum atomic E-state index is -0.290. The molecule has 2 aromatic rings. The van der Waals surface area contributed by atoms with Crippen LogP contribution in [0.25, 0.3) is 0 Å². The number of aromatic amines is 1. The molecule has 1 N–H and O–H groups in total. The molecule has 0 aliphatic carbocycles. The van der Waals surface area contributed by atoms with E-state index < -0.39 is 0 Å². The molecule has 1 saturated heterocycles. The summed E-state index contributed by atoms with van der Waals surface area (Å²) in [5.74, 6) is 0.958. The third-order valence-corrected chi connectivity index (χ3v) is 4.47. The highest BCUT2D eigenvalue weighted by atomic mass is 32.2. The Morgan fingerprint density at radius 1 is 1.43 bits per heavy atom.